The number of carbonyl (C=O) groups excluding carboxylic acids is 6. The van der Waals surface area contributed by atoms with Crippen molar-refractivity contribution < 1.29 is 38.4 Å². The molecule has 6 rings (SSSR count). The first-order chi connectivity index (χ1) is 19.3. The van der Waals surface area contributed by atoms with Crippen molar-refractivity contribution in [3.8, 4) is 0 Å². The minimum Gasteiger partial charge on any atom is -0.330 e. The van der Waals surface area contributed by atoms with Crippen molar-refractivity contribution in [3.63, 3.8) is 0 Å². The van der Waals surface area contributed by atoms with Gasteiger partial charge in [0.25, 0.3) is 23.6 Å². The van der Waals surface area contributed by atoms with E-state index in [1.807, 2.05) is 24.3 Å². The van der Waals surface area contributed by atoms with E-state index in [-0.39, 0.29) is 53.7 Å². The Morgan fingerprint density at radius 3 is 1.57 bits per heavy atom. The number of hydroxylamine groups is 4. The molecule has 2 saturated carbocycles. The summed E-state index contributed by atoms with van der Waals surface area (Å²) in [7, 11) is 0. The minimum atomic E-state index is -0.724. The Kier molecular flexibility index (Phi) is 7.18. The van der Waals surface area contributed by atoms with Crippen LogP contribution >= 0.6 is 0 Å². The summed E-state index contributed by atoms with van der Waals surface area (Å²) in [6, 6.07) is 0. The van der Waals surface area contributed by atoms with Crippen LogP contribution in [-0.4, -0.2) is 45.7 Å². The summed E-state index contributed by atoms with van der Waals surface area (Å²) < 4.78 is 0. The number of amides is 4. The molecule has 40 heavy (non-hydrogen) atoms. The van der Waals surface area contributed by atoms with Crippen molar-refractivity contribution in [1.82, 2.24) is 10.1 Å². The van der Waals surface area contributed by atoms with Crippen LogP contribution in [0, 0.1) is 47.3 Å². The summed E-state index contributed by atoms with van der Waals surface area (Å²) >= 11 is 0. The number of unbranched alkanes of at least 4 members (excludes halogenated alkanes) is 6. The van der Waals surface area contributed by atoms with Gasteiger partial charge in [0.2, 0.25) is 0 Å². The van der Waals surface area contributed by atoms with Crippen LogP contribution in [0.4, 0.5) is 0 Å². The van der Waals surface area contributed by atoms with Gasteiger partial charge in [0.1, 0.15) is 0 Å². The molecule has 2 aliphatic heterocycles. The van der Waals surface area contributed by atoms with Crippen molar-refractivity contribution in [2.24, 2.45) is 47.3 Å². The molecule has 0 aromatic rings. The van der Waals surface area contributed by atoms with Gasteiger partial charge in [-0.05, 0) is 55.8 Å². The standard InChI is InChI=1S/C30H34N2O8/c33-21(39-31-27(35)23-17-11-12-18(15-17)24(23)28(31)36)9-7-5-3-1-2-4-6-8-10-22(34)40-32-29(37)25-19-13-14-20(16-19)26(25)30(32)38/h7,9,11-14,17-20,23-26H,1-6,8,10,15-16H2/b9-7+. The van der Waals surface area contributed by atoms with Gasteiger partial charge in [-0.2, -0.15) is 0 Å². The molecule has 0 aromatic carbocycles. The fourth-order valence-corrected chi connectivity index (χ4v) is 7.62. The van der Waals surface area contributed by atoms with Crippen molar-refractivity contribution in [3.05, 3.63) is 36.5 Å². The highest BCUT2D eigenvalue weighted by Crippen LogP contribution is 2.53. The lowest BCUT2D eigenvalue weighted by molar-refractivity contribution is -0.199. The molecule has 0 spiro atoms. The fourth-order valence-electron chi connectivity index (χ4n) is 7.62. The second kappa shape index (κ2) is 10.8. The van der Waals surface area contributed by atoms with Gasteiger partial charge in [-0.1, -0.05) is 56.1 Å². The van der Waals surface area contributed by atoms with E-state index < -0.39 is 35.6 Å². The Hall–Kier alpha value is -3.56. The quantitative estimate of drug-likeness (QED) is 0.157. The third kappa shape index (κ3) is 4.61. The molecule has 0 aromatic heterocycles. The normalized spacial score (nSPS) is 34.6. The summed E-state index contributed by atoms with van der Waals surface area (Å²) in [5.74, 6) is -4.09. The molecule has 4 bridgehead atoms. The van der Waals surface area contributed by atoms with E-state index in [0.29, 0.717) is 23.0 Å². The van der Waals surface area contributed by atoms with Crippen LogP contribution in [0.1, 0.15) is 64.2 Å². The van der Waals surface area contributed by atoms with Gasteiger partial charge in [-0.3, -0.25) is 19.2 Å². The van der Waals surface area contributed by atoms with E-state index in [4.69, 9.17) is 9.68 Å². The second-order valence-electron chi connectivity index (χ2n) is 11.9. The van der Waals surface area contributed by atoms with Gasteiger partial charge >= 0.3 is 11.9 Å². The summed E-state index contributed by atoms with van der Waals surface area (Å²) in [4.78, 5) is 84.8. The van der Waals surface area contributed by atoms with Crippen LogP contribution in [0.25, 0.3) is 0 Å². The van der Waals surface area contributed by atoms with E-state index in [0.717, 1.165) is 44.9 Å². The average Bonchev–Trinajstić information content (AvgIpc) is 3.78. The molecule has 10 heteroatoms. The molecule has 8 atom stereocenters. The van der Waals surface area contributed by atoms with Crippen molar-refractivity contribution >= 4 is 35.6 Å². The molecule has 212 valence electrons. The maximum atomic E-state index is 12.6. The molecular weight excluding hydrogens is 516 g/mol. The highest BCUT2D eigenvalue weighted by molar-refractivity contribution is 6.07. The zero-order chi connectivity index (χ0) is 28.0. The number of carbonyl (C=O) groups is 6. The molecule has 2 saturated heterocycles. The zero-order valence-corrected chi connectivity index (χ0v) is 22.3. The first-order valence-electron chi connectivity index (χ1n) is 14.6. The number of imide groups is 2. The van der Waals surface area contributed by atoms with Gasteiger partial charge in [0.15, 0.2) is 0 Å². The van der Waals surface area contributed by atoms with Crippen LogP contribution in [0.3, 0.4) is 0 Å². The van der Waals surface area contributed by atoms with Crippen LogP contribution in [0.15, 0.2) is 36.5 Å². The number of rotatable bonds is 12. The molecule has 6 aliphatic rings. The van der Waals surface area contributed by atoms with Gasteiger partial charge < -0.3 is 9.68 Å². The maximum Gasteiger partial charge on any atom is 0.356 e. The first kappa shape index (κ1) is 26.7. The van der Waals surface area contributed by atoms with E-state index in [9.17, 15) is 28.8 Å². The monoisotopic (exact) mass is 550 g/mol. The Labute approximate surface area is 232 Å². The lowest BCUT2D eigenvalue weighted by Crippen LogP contribution is -2.35. The average molecular weight is 551 g/mol. The van der Waals surface area contributed by atoms with E-state index in [1.165, 1.54) is 6.08 Å². The van der Waals surface area contributed by atoms with E-state index in [2.05, 4.69) is 0 Å². The van der Waals surface area contributed by atoms with Crippen LogP contribution in [0.2, 0.25) is 0 Å². The lowest BCUT2D eigenvalue weighted by Gasteiger charge is -2.15. The van der Waals surface area contributed by atoms with Crippen LogP contribution in [0.5, 0.6) is 0 Å². The topological polar surface area (TPSA) is 127 Å². The number of fused-ring (bicyclic) bond motifs is 10. The molecular formula is C30H34N2O8. The van der Waals surface area contributed by atoms with Crippen molar-refractivity contribution in [2.75, 3.05) is 0 Å². The van der Waals surface area contributed by atoms with Crippen LogP contribution < -0.4 is 0 Å². The largest absolute Gasteiger partial charge is 0.356 e. The third-order valence-electron chi connectivity index (χ3n) is 9.49. The highest BCUT2D eigenvalue weighted by atomic mass is 16.7. The lowest BCUT2D eigenvalue weighted by atomic mass is 9.85. The summed E-state index contributed by atoms with van der Waals surface area (Å²) in [5, 5.41) is 1.37. The van der Waals surface area contributed by atoms with Gasteiger partial charge in [0, 0.05) is 12.5 Å². The predicted molar refractivity (Wildman–Crippen MR) is 137 cm³/mol. The first-order valence-corrected chi connectivity index (χ1v) is 14.6. The SMILES string of the molecule is O=C(/C=C/CCCCCCCCC(=O)ON1C(=O)C2C3C=CC(C3)C2C1=O)ON1C(=O)C2C3C=CC(C3)C2C1=O. The Morgan fingerprint density at radius 2 is 1.07 bits per heavy atom. The van der Waals surface area contributed by atoms with Gasteiger partial charge in [0.05, 0.1) is 23.7 Å². The van der Waals surface area contributed by atoms with E-state index in [1.54, 1.807) is 6.08 Å². The zero-order valence-electron chi connectivity index (χ0n) is 22.3. The number of nitrogens with zero attached hydrogens (tertiary/aromatic N) is 2. The smallest absolute Gasteiger partial charge is 0.330 e. The molecule has 8 unspecified atom stereocenters. The predicted octanol–water partition coefficient (Wildman–Crippen LogP) is 3.19. The minimum absolute atomic E-state index is 0.0681. The highest BCUT2D eigenvalue weighted by Gasteiger charge is 2.62. The number of allylic oxidation sites excluding steroid dienone is 5. The van der Waals surface area contributed by atoms with Crippen molar-refractivity contribution in [1.29, 1.82) is 0 Å². The van der Waals surface area contributed by atoms with E-state index >= 15 is 0 Å². The van der Waals surface area contributed by atoms with Gasteiger partial charge in [-0.25, -0.2) is 9.59 Å². The fraction of sp³-hybridized carbons (Fsp3) is 0.600. The van der Waals surface area contributed by atoms with Gasteiger partial charge in [-0.15, -0.1) is 10.1 Å². The Morgan fingerprint density at radius 1 is 0.650 bits per heavy atom. The molecule has 0 radical (unpaired) electrons. The molecule has 4 amide bonds. The van der Waals surface area contributed by atoms with Crippen LogP contribution in [-0.2, 0) is 38.4 Å². The molecule has 4 fully saturated rings. The van der Waals surface area contributed by atoms with Crippen molar-refractivity contribution in [2.45, 2.75) is 64.2 Å². The summed E-state index contributed by atoms with van der Waals surface area (Å²) in [6.07, 6.45) is 18.6. The summed E-state index contributed by atoms with van der Waals surface area (Å²) in [6.45, 7) is 0. The molecule has 10 nitrogen and oxygen atoms in total. The molecule has 0 N–H and O–H groups in total. The number of hydrogen-bond acceptors (Lipinski definition) is 8. The second-order valence-corrected chi connectivity index (χ2v) is 11.9. The Bertz CT molecular complexity index is 1160. The molecule has 2 heterocycles. The third-order valence-corrected chi connectivity index (χ3v) is 9.49. The number of hydrogen-bond donors (Lipinski definition) is 0. The maximum absolute atomic E-state index is 12.6. The Balaban J connectivity index is 0.804. The summed E-state index contributed by atoms with van der Waals surface area (Å²) in [5.41, 5.74) is 0. The molecule has 4 aliphatic carbocycles.